The summed E-state index contributed by atoms with van der Waals surface area (Å²) in [6, 6.07) is 85.2. The van der Waals surface area contributed by atoms with Gasteiger partial charge in [0.1, 0.15) is 12.4 Å². The minimum atomic E-state index is 0.620. The third-order valence-electron chi connectivity index (χ3n) is 20.9. The second kappa shape index (κ2) is 39.7. The average molecular weight is 1450 g/mol. The van der Waals surface area contributed by atoms with E-state index in [0.717, 1.165) is 134 Å². The summed E-state index contributed by atoms with van der Waals surface area (Å²) in [5.41, 5.74) is 29.1. The van der Waals surface area contributed by atoms with Gasteiger partial charge in [-0.1, -0.05) is 219 Å². The monoisotopic (exact) mass is 1440 g/mol. The van der Waals surface area contributed by atoms with Gasteiger partial charge in [-0.05, 0) is 293 Å². The molecule has 558 valence electrons. The molecule has 10 heteroatoms. The van der Waals surface area contributed by atoms with Crippen molar-refractivity contribution < 1.29 is 4.74 Å². The van der Waals surface area contributed by atoms with Crippen LogP contribution in [0.3, 0.4) is 0 Å². The standard InChI is InChI=1S/C20H26N2.C20H23N.C19H23ClN2.C19H24N2.C19H21NO/c1-16(14-21(2)3)15-22-19-10-6-4-8-17(19)12-13-18-9-5-7-11-20(18)22;1-21(2)15-7-12-20-18-10-5-3-8-16(18)13-14-17-9-4-6-11-19(17)20;1-21(2)12-5-13-22-18-7-4-3-6-15(18)8-9-16-10-11-17(20)14-19(16)22;1-20(2)14-7-15-21-18-10-5-3-8-16(18)12-13-17-9-4-6-11-19(17)21;1-20(2)13-7-11-17-16-9-4-3-8-15(16)14-21-19-12-6-5-10-18(17)19/h4-11,16H,12-15H2,1-3H3;3-6,8-12H,7,13-15H2,1-2H3;3-4,6-7,10-11,14H,5,8-9,12-13H2,1-2H3;3-6,8-11H,7,12-15H2,1-2H3;3-6,8-12H,7,13-14H2,1-2H3. The van der Waals surface area contributed by atoms with Gasteiger partial charge in [-0.2, -0.15) is 0 Å². The van der Waals surface area contributed by atoms with Crippen LogP contribution < -0.4 is 19.4 Å². The number of ether oxygens (including phenoxy) is 1. The van der Waals surface area contributed by atoms with E-state index < -0.39 is 0 Å². The Bertz CT molecular complexity index is 4220. The molecule has 9 nitrogen and oxygen atoms in total. The van der Waals surface area contributed by atoms with Gasteiger partial charge in [-0.25, -0.2) is 0 Å². The first-order chi connectivity index (χ1) is 52.1. The third kappa shape index (κ3) is 21.9. The number of hydrogen-bond acceptors (Lipinski definition) is 9. The first kappa shape index (κ1) is 79.0. The minimum Gasteiger partial charge on any atom is -0.488 e. The quantitative estimate of drug-likeness (QED) is 0.0835. The molecule has 1 atom stereocenters. The molecule has 107 heavy (non-hydrogen) atoms. The molecule has 0 spiro atoms. The SMILES string of the molecule is CC(CN(C)C)CN1c2ccccc2CCc2ccccc21.CN(C)CCC=C1c2ccccc2CCc2ccccc21.CN(C)CCC=C1c2ccccc2COc2ccccc21.CN(C)CCCN1c2ccccc2CCc2ccc(Cl)cc21.CN(C)CCCN1c2ccccc2CCc2ccccc21. The van der Waals surface area contributed by atoms with Crippen molar-refractivity contribution in [2.45, 2.75) is 90.6 Å². The van der Waals surface area contributed by atoms with Crippen LogP contribution in [-0.4, -0.2) is 147 Å². The molecule has 0 saturated carbocycles. The van der Waals surface area contributed by atoms with Crippen LogP contribution in [0.5, 0.6) is 5.75 Å². The summed E-state index contributed by atoms with van der Waals surface area (Å²) in [6.45, 7) is 11.6. The highest BCUT2D eigenvalue weighted by molar-refractivity contribution is 6.31. The molecule has 0 amide bonds. The van der Waals surface area contributed by atoms with Gasteiger partial charge in [-0.3, -0.25) is 0 Å². The Morgan fingerprint density at radius 1 is 0.336 bits per heavy atom. The topological polar surface area (TPSA) is 35.2 Å². The van der Waals surface area contributed by atoms with Crippen molar-refractivity contribution in [1.82, 2.24) is 24.5 Å². The van der Waals surface area contributed by atoms with Gasteiger partial charge in [0, 0.05) is 84.0 Å². The van der Waals surface area contributed by atoms with E-state index in [2.05, 4.69) is 353 Å². The molecule has 1 aliphatic carbocycles. The molecule has 0 N–H and O–H groups in total. The van der Waals surface area contributed by atoms with Crippen LogP contribution >= 0.6 is 11.6 Å². The van der Waals surface area contributed by atoms with Crippen LogP contribution in [0.1, 0.15) is 105 Å². The Morgan fingerprint density at radius 3 is 1.07 bits per heavy atom. The van der Waals surface area contributed by atoms with Crippen molar-refractivity contribution >= 4 is 56.9 Å². The number of halogens is 1. The maximum Gasteiger partial charge on any atom is 0.127 e. The van der Waals surface area contributed by atoms with Crippen molar-refractivity contribution in [3.05, 3.63) is 326 Å². The molecule has 5 aliphatic rings. The second-order valence-corrected chi connectivity index (χ2v) is 31.1. The fourth-order valence-electron chi connectivity index (χ4n) is 15.7. The molecule has 0 fully saturated rings. The number of nitrogens with zero attached hydrogens (tertiary/aromatic N) is 8. The van der Waals surface area contributed by atoms with Crippen LogP contribution in [0, 0.1) is 5.92 Å². The lowest BCUT2D eigenvalue weighted by molar-refractivity contribution is 0.307. The summed E-state index contributed by atoms with van der Waals surface area (Å²) in [5, 5.41) is 0.816. The molecule has 0 radical (unpaired) electrons. The van der Waals surface area contributed by atoms with Crippen molar-refractivity contribution in [2.75, 3.05) is 138 Å². The van der Waals surface area contributed by atoms with Gasteiger partial charge >= 0.3 is 0 Å². The van der Waals surface area contributed by atoms with Gasteiger partial charge in [0.2, 0.25) is 0 Å². The van der Waals surface area contributed by atoms with E-state index in [1.54, 1.807) is 0 Å². The largest absolute Gasteiger partial charge is 0.488 e. The van der Waals surface area contributed by atoms with Crippen LogP contribution in [0.4, 0.5) is 34.1 Å². The summed E-state index contributed by atoms with van der Waals surface area (Å²) < 4.78 is 5.98. The normalized spacial score (nSPS) is 14.3. The minimum absolute atomic E-state index is 0.620. The van der Waals surface area contributed by atoms with Crippen LogP contribution in [0.15, 0.2) is 249 Å². The number of fused-ring (bicyclic) bond motifs is 10. The van der Waals surface area contributed by atoms with E-state index in [-0.39, 0.29) is 0 Å². The van der Waals surface area contributed by atoms with Gasteiger partial charge < -0.3 is 43.9 Å². The van der Waals surface area contributed by atoms with Gasteiger partial charge in [-0.15, -0.1) is 0 Å². The number of para-hydroxylation sites is 6. The summed E-state index contributed by atoms with van der Waals surface area (Å²) in [5.74, 6) is 1.60. The smallest absolute Gasteiger partial charge is 0.127 e. The van der Waals surface area contributed by atoms with Crippen LogP contribution in [0.25, 0.3) is 11.1 Å². The van der Waals surface area contributed by atoms with Gasteiger partial charge in [0.05, 0.1) is 0 Å². The molecule has 10 aromatic rings. The number of aryl methyl sites for hydroxylation is 8. The Hall–Kier alpha value is -9.03. The van der Waals surface area contributed by atoms with Crippen molar-refractivity contribution in [3.63, 3.8) is 0 Å². The number of anilines is 6. The fourth-order valence-corrected chi connectivity index (χ4v) is 15.9. The molecule has 4 heterocycles. The van der Waals surface area contributed by atoms with Crippen molar-refractivity contribution in [1.29, 1.82) is 0 Å². The van der Waals surface area contributed by atoms with Crippen LogP contribution in [0.2, 0.25) is 5.02 Å². The summed E-state index contributed by atoms with van der Waals surface area (Å²) in [7, 11) is 21.3. The molecule has 4 aliphatic heterocycles. The number of hydrogen-bond donors (Lipinski definition) is 0. The number of rotatable bonds is 18. The van der Waals surface area contributed by atoms with E-state index >= 15 is 0 Å². The maximum absolute atomic E-state index is 6.27. The second-order valence-electron chi connectivity index (χ2n) is 30.7. The Morgan fingerprint density at radius 2 is 0.654 bits per heavy atom. The summed E-state index contributed by atoms with van der Waals surface area (Å²) in [4.78, 5) is 18.7. The predicted molar refractivity (Wildman–Crippen MR) is 459 cm³/mol. The first-order valence-electron chi connectivity index (χ1n) is 39.2. The molecule has 15 rings (SSSR count). The Kier molecular flexibility index (Phi) is 29.3. The number of benzene rings is 10. The Balaban J connectivity index is 0.000000133. The average Bonchev–Trinajstić information content (AvgIpc) is 1.75. The zero-order valence-corrected chi connectivity index (χ0v) is 66.7. The van der Waals surface area contributed by atoms with E-state index in [4.69, 9.17) is 16.3 Å². The van der Waals surface area contributed by atoms with E-state index in [9.17, 15) is 0 Å². The van der Waals surface area contributed by atoms with Crippen LogP contribution in [-0.2, 0) is 58.0 Å². The summed E-state index contributed by atoms with van der Waals surface area (Å²) in [6.07, 6.45) is 18.2. The van der Waals surface area contributed by atoms with Gasteiger partial charge in [0.15, 0.2) is 0 Å². The highest BCUT2D eigenvalue weighted by atomic mass is 35.5. The van der Waals surface area contributed by atoms with E-state index in [0.29, 0.717) is 12.5 Å². The molecular formula is C97H117ClN8O. The molecule has 0 aromatic heterocycles. The molecule has 10 aromatic carbocycles. The predicted octanol–water partition coefficient (Wildman–Crippen LogP) is 20.7. The lowest BCUT2D eigenvalue weighted by Crippen LogP contribution is -2.30. The van der Waals surface area contributed by atoms with Crippen molar-refractivity contribution in [3.8, 4) is 5.75 Å². The zero-order valence-electron chi connectivity index (χ0n) is 66.0. The van der Waals surface area contributed by atoms with Crippen molar-refractivity contribution in [2.24, 2.45) is 5.92 Å². The third-order valence-corrected chi connectivity index (χ3v) is 21.1. The molecular weight excluding hydrogens is 1330 g/mol. The van der Waals surface area contributed by atoms with E-state index in [1.165, 1.54) is 124 Å². The first-order valence-corrected chi connectivity index (χ1v) is 39.6. The highest BCUT2D eigenvalue weighted by Crippen LogP contribution is 2.42. The highest BCUT2D eigenvalue weighted by Gasteiger charge is 2.26. The molecule has 1 unspecified atom stereocenters. The van der Waals surface area contributed by atoms with E-state index in [1.807, 2.05) is 12.1 Å². The lowest BCUT2D eigenvalue weighted by atomic mass is 9.93. The zero-order chi connectivity index (χ0) is 75.0. The fraction of sp³-hybridized carbons (Fsp3) is 0.340. The molecule has 0 saturated heterocycles. The maximum atomic E-state index is 6.27. The summed E-state index contributed by atoms with van der Waals surface area (Å²) >= 11 is 6.27. The van der Waals surface area contributed by atoms with Gasteiger partial charge in [0.25, 0.3) is 0 Å². The lowest BCUT2D eigenvalue weighted by Gasteiger charge is -2.30. The molecule has 0 bridgehead atoms. The Labute approximate surface area is 648 Å².